The Bertz CT molecular complexity index is 626. The molecule has 3 rings (SSSR count). The number of nitrogens with zero attached hydrogens (tertiary/aromatic N) is 3. The molecule has 1 aromatic rings. The van der Waals surface area contributed by atoms with Gasteiger partial charge in [0.05, 0.1) is 13.2 Å². The van der Waals surface area contributed by atoms with Crippen LogP contribution in [0.1, 0.15) is 6.42 Å². The summed E-state index contributed by atoms with van der Waals surface area (Å²) >= 11 is 5.83. The molecule has 8 heteroatoms. The van der Waals surface area contributed by atoms with E-state index >= 15 is 0 Å². The predicted molar refractivity (Wildman–Crippen MR) is 102 cm³/mol. The minimum atomic E-state index is -0.0645. The fourth-order valence-corrected chi connectivity index (χ4v) is 3.34. The number of halogens is 1. The first-order valence-electron chi connectivity index (χ1n) is 9.36. The predicted octanol–water partition coefficient (Wildman–Crippen LogP) is 1.11. The van der Waals surface area contributed by atoms with Crippen molar-refractivity contribution in [3.8, 4) is 5.75 Å². The van der Waals surface area contributed by atoms with Crippen molar-refractivity contribution in [3.05, 3.63) is 29.3 Å². The summed E-state index contributed by atoms with van der Waals surface area (Å²) in [6, 6.07) is 6.92. The average Bonchev–Trinajstić information content (AvgIpc) is 2.72. The van der Waals surface area contributed by atoms with Gasteiger partial charge in [-0.2, -0.15) is 0 Å². The molecule has 0 N–H and O–H groups in total. The molecular weight excluding hydrogens is 370 g/mol. The van der Waals surface area contributed by atoms with Crippen LogP contribution in [-0.4, -0.2) is 92.1 Å². The van der Waals surface area contributed by atoms with Crippen LogP contribution in [0.15, 0.2) is 24.3 Å². The topological polar surface area (TPSA) is 62.3 Å². The Morgan fingerprint density at radius 3 is 2.15 bits per heavy atom. The van der Waals surface area contributed by atoms with E-state index in [0.29, 0.717) is 43.4 Å². The lowest BCUT2D eigenvalue weighted by atomic mass is 10.2. The molecule has 7 nitrogen and oxygen atoms in total. The summed E-state index contributed by atoms with van der Waals surface area (Å²) in [5.74, 6) is 0.709. The molecule has 2 heterocycles. The monoisotopic (exact) mass is 395 g/mol. The zero-order chi connectivity index (χ0) is 19.1. The fourth-order valence-electron chi connectivity index (χ4n) is 3.21. The third-order valence-corrected chi connectivity index (χ3v) is 5.16. The van der Waals surface area contributed by atoms with E-state index in [1.165, 1.54) is 0 Å². The van der Waals surface area contributed by atoms with Crippen LogP contribution in [0.25, 0.3) is 0 Å². The minimum absolute atomic E-state index is 0.00733. The highest BCUT2D eigenvalue weighted by atomic mass is 35.5. The molecule has 0 spiro atoms. The minimum Gasteiger partial charge on any atom is -0.484 e. The Kier molecular flexibility index (Phi) is 7.32. The van der Waals surface area contributed by atoms with Gasteiger partial charge in [-0.15, -0.1) is 0 Å². The molecule has 2 saturated heterocycles. The van der Waals surface area contributed by atoms with Crippen molar-refractivity contribution in [2.45, 2.75) is 6.42 Å². The smallest absolute Gasteiger partial charge is 0.260 e. The van der Waals surface area contributed by atoms with Gasteiger partial charge in [0.2, 0.25) is 5.91 Å². The Labute approximate surface area is 164 Å². The number of ether oxygens (including phenoxy) is 2. The molecule has 0 aliphatic carbocycles. The zero-order valence-corrected chi connectivity index (χ0v) is 16.2. The van der Waals surface area contributed by atoms with Crippen molar-refractivity contribution < 1.29 is 19.1 Å². The highest BCUT2D eigenvalue weighted by Gasteiger charge is 2.24. The summed E-state index contributed by atoms with van der Waals surface area (Å²) in [6.07, 6.45) is 0.521. The number of benzene rings is 1. The number of amides is 2. The van der Waals surface area contributed by atoms with Crippen LogP contribution in [0.3, 0.4) is 0 Å². The van der Waals surface area contributed by atoms with Gasteiger partial charge in [0.1, 0.15) is 5.75 Å². The van der Waals surface area contributed by atoms with Gasteiger partial charge in [0, 0.05) is 57.3 Å². The maximum Gasteiger partial charge on any atom is 0.260 e. The molecule has 0 bridgehead atoms. The third kappa shape index (κ3) is 6.09. The van der Waals surface area contributed by atoms with Crippen molar-refractivity contribution in [1.29, 1.82) is 0 Å². The standard InChI is InChI=1S/C19H26ClN3O4/c20-16-1-3-17(4-2-16)27-15-19(25)23-9-7-22(8-10-23)18(24)5-6-21-11-13-26-14-12-21/h1-4H,5-15H2. The summed E-state index contributed by atoms with van der Waals surface area (Å²) in [4.78, 5) is 30.5. The van der Waals surface area contributed by atoms with E-state index in [9.17, 15) is 9.59 Å². The Hall–Kier alpha value is -1.83. The normalized spacial score (nSPS) is 18.4. The number of hydrogen-bond donors (Lipinski definition) is 0. The summed E-state index contributed by atoms with van der Waals surface area (Å²) in [7, 11) is 0. The molecule has 0 atom stereocenters. The van der Waals surface area contributed by atoms with Crippen molar-refractivity contribution >= 4 is 23.4 Å². The van der Waals surface area contributed by atoms with E-state index in [1.54, 1.807) is 29.2 Å². The van der Waals surface area contributed by atoms with Crippen LogP contribution in [0.5, 0.6) is 5.75 Å². The summed E-state index contributed by atoms with van der Waals surface area (Å²) in [6.45, 7) is 6.29. The zero-order valence-electron chi connectivity index (χ0n) is 15.4. The summed E-state index contributed by atoms with van der Waals surface area (Å²) in [5.41, 5.74) is 0. The van der Waals surface area contributed by atoms with Crippen molar-refractivity contribution in [2.75, 3.05) is 65.6 Å². The van der Waals surface area contributed by atoms with Crippen LogP contribution in [0, 0.1) is 0 Å². The van der Waals surface area contributed by atoms with Crippen molar-refractivity contribution in [3.63, 3.8) is 0 Å². The molecule has 0 saturated carbocycles. The van der Waals surface area contributed by atoms with E-state index in [4.69, 9.17) is 21.1 Å². The molecule has 2 aliphatic rings. The lowest BCUT2D eigenvalue weighted by Crippen LogP contribution is -2.52. The van der Waals surface area contributed by atoms with Gasteiger partial charge < -0.3 is 19.3 Å². The van der Waals surface area contributed by atoms with E-state index in [-0.39, 0.29) is 18.4 Å². The summed E-state index contributed by atoms with van der Waals surface area (Å²) in [5, 5.41) is 0.628. The Balaban J connectivity index is 1.35. The molecule has 0 aromatic heterocycles. The maximum atomic E-state index is 12.4. The molecule has 2 fully saturated rings. The van der Waals surface area contributed by atoms with E-state index in [2.05, 4.69) is 4.90 Å². The second-order valence-electron chi connectivity index (χ2n) is 6.71. The third-order valence-electron chi connectivity index (χ3n) is 4.91. The van der Waals surface area contributed by atoms with E-state index in [1.807, 2.05) is 4.90 Å². The Morgan fingerprint density at radius 2 is 1.52 bits per heavy atom. The Morgan fingerprint density at radius 1 is 0.926 bits per heavy atom. The van der Waals surface area contributed by atoms with Crippen LogP contribution >= 0.6 is 11.6 Å². The highest BCUT2D eigenvalue weighted by molar-refractivity contribution is 6.30. The van der Waals surface area contributed by atoms with Crippen molar-refractivity contribution in [1.82, 2.24) is 14.7 Å². The van der Waals surface area contributed by atoms with Crippen LogP contribution in [0.2, 0.25) is 5.02 Å². The van der Waals surface area contributed by atoms with E-state index < -0.39 is 0 Å². The fraction of sp³-hybridized carbons (Fsp3) is 0.579. The van der Waals surface area contributed by atoms with Gasteiger partial charge in [-0.3, -0.25) is 14.5 Å². The first-order chi connectivity index (χ1) is 13.1. The molecular formula is C19H26ClN3O4. The lowest BCUT2D eigenvalue weighted by Gasteiger charge is -2.35. The number of hydrogen-bond acceptors (Lipinski definition) is 5. The molecule has 2 aliphatic heterocycles. The largest absolute Gasteiger partial charge is 0.484 e. The van der Waals surface area contributed by atoms with E-state index in [0.717, 1.165) is 32.8 Å². The molecule has 148 valence electrons. The molecule has 0 radical (unpaired) electrons. The SMILES string of the molecule is O=C(CCN1CCOCC1)N1CCN(C(=O)COc2ccc(Cl)cc2)CC1. The lowest BCUT2D eigenvalue weighted by molar-refractivity contribution is -0.141. The van der Waals surface area contributed by atoms with Gasteiger partial charge in [0.15, 0.2) is 6.61 Å². The molecule has 0 unspecified atom stereocenters. The van der Waals surface area contributed by atoms with Gasteiger partial charge in [-0.1, -0.05) is 11.6 Å². The highest BCUT2D eigenvalue weighted by Crippen LogP contribution is 2.15. The molecule has 2 amide bonds. The average molecular weight is 396 g/mol. The number of rotatable bonds is 6. The second kappa shape index (κ2) is 9.92. The van der Waals surface area contributed by atoms with Crippen LogP contribution in [-0.2, 0) is 14.3 Å². The first kappa shape index (κ1) is 19.9. The summed E-state index contributed by atoms with van der Waals surface area (Å²) < 4.78 is 10.8. The van der Waals surface area contributed by atoms with Crippen LogP contribution < -0.4 is 4.74 Å². The van der Waals surface area contributed by atoms with Gasteiger partial charge in [-0.25, -0.2) is 0 Å². The van der Waals surface area contributed by atoms with Crippen molar-refractivity contribution in [2.24, 2.45) is 0 Å². The second-order valence-corrected chi connectivity index (χ2v) is 7.14. The first-order valence-corrected chi connectivity index (χ1v) is 9.73. The number of morpholine rings is 1. The van der Waals surface area contributed by atoms with Gasteiger partial charge in [0.25, 0.3) is 5.91 Å². The number of carbonyl (C=O) groups is 2. The molecule has 27 heavy (non-hydrogen) atoms. The van der Waals surface area contributed by atoms with Gasteiger partial charge >= 0.3 is 0 Å². The quantitative estimate of drug-likeness (QED) is 0.722. The molecule has 1 aromatic carbocycles. The number of piperazine rings is 1. The maximum absolute atomic E-state index is 12.4. The number of carbonyl (C=O) groups excluding carboxylic acids is 2. The van der Waals surface area contributed by atoms with Crippen LogP contribution in [0.4, 0.5) is 0 Å². The van der Waals surface area contributed by atoms with Gasteiger partial charge in [-0.05, 0) is 24.3 Å².